The molecule has 0 bridgehead atoms. The number of imidazole rings is 1. The highest BCUT2D eigenvalue weighted by atomic mass is 16.4. The predicted molar refractivity (Wildman–Crippen MR) is 140 cm³/mol. The van der Waals surface area contributed by atoms with Crippen molar-refractivity contribution in [3.05, 3.63) is 83.4 Å². The van der Waals surface area contributed by atoms with Crippen LogP contribution in [-0.2, 0) is 4.79 Å². The van der Waals surface area contributed by atoms with Gasteiger partial charge in [-0.15, -0.1) is 0 Å². The highest BCUT2D eigenvalue weighted by molar-refractivity contribution is 6.11. The maximum Gasteiger partial charge on any atom is 0.325 e. The second kappa shape index (κ2) is 8.85. The van der Waals surface area contributed by atoms with Crippen LogP contribution in [0.3, 0.4) is 0 Å². The Labute approximate surface area is 207 Å². The largest absolute Gasteiger partial charge is 0.507 e. The number of benzene rings is 4. The first-order valence-corrected chi connectivity index (χ1v) is 11.6. The van der Waals surface area contributed by atoms with E-state index < -0.39 is 17.9 Å². The van der Waals surface area contributed by atoms with Gasteiger partial charge in [0, 0.05) is 11.1 Å². The van der Waals surface area contributed by atoms with E-state index in [0.717, 1.165) is 22.2 Å². The fraction of sp³-hybridized carbons (Fsp3) is 0.138. The number of fused-ring (bicyclic) bond motifs is 3. The fourth-order valence-electron chi connectivity index (χ4n) is 4.29. The van der Waals surface area contributed by atoms with E-state index in [4.69, 9.17) is 10.1 Å². The van der Waals surface area contributed by atoms with Crippen LogP contribution < -0.4 is 5.32 Å². The molecule has 0 aliphatic heterocycles. The average Bonchev–Trinajstić information content (AvgIpc) is 3.30. The van der Waals surface area contributed by atoms with Crippen molar-refractivity contribution in [3.63, 3.8) is 0 Å². The minimum absolute atomic E-state index is 0.104. The summed E-state index contributed by atoms with van der Waals surface area (Å²) >= 11 is 0. The number of hydrogen-bond acceptors (Lipinski definition) is 4. The summed E-state index contributed by atoms with van der Waals surface area (Å²) in [7, 11) is 0. The molecule has 4 N–H and O–H groups in total. The molecule has 180 valence electrons. The van der Waals surface area contributed by atoms with Crippen molar-refractivity contribution in [1.29, 1.82) is 0 Å². The summed E-state index contributed by atoms with van der Waals surface area (Å²) < 4.78 is 0. The maximum atomic E-state index is 12.5. The van der Waals surface area contributed by atoms with E-state index in [2.05, 4.69) is 54.5 Å². The van der Waals surface area contributed by atoms with Crippen LogP contribution in [0.4, 0.5) is 0 Å². The van der Waals surface area contributed by atoms with Gasteiger partial charge in [-0.25, -0.2) is 4.98 Å². The monoisotopic (exact) mass is 479 g/mol. The Kier molecular flexibility index (Phi) is 5.68. The number of nitrogens with zero attached hydrogens (tertiary/aromatic N) is 1. The number of rotatable bonds is 5. The highest BCUT2D eigenvalue weighted by Crippen LogP contribution is 2.35. The van der Waals surface area contributed by atoms with Crippen LogP contribution in [0.15, 0.2) is 66.7 Å². The third-order valence-corrected chi connectivity index (χ3v) is 6.50. The molecule has 1 atom stereocenters. The van der Waals surface area contributed by atoms with Gasteiger partial charge >= 0.3 is 5.97 Å². The molecule has 0 radical (unpaired) electrons. The summed E-state index contributed by atoms with van der Waals surface area (Å²) in [5.74, 6) is -1.15. The molecule has 0 saturated carbocycles. The van der Waals surface area contributed by atoms with E-state index >= 15 is 0 Å². The van der Waals surface area contributed by atoms with Crippen LogP contribution in [0.5, 0.6) is 5.75 Å². The molecule has 36 heavy (non-hydrogen) atoms. The molecule has 1 amide bonds. The number of aliphatic carboxylic acids is 1. The number of phenolic OH excluding ortho intramolecular Hbond substituents is 1. The predicted octanol–water partition coefficient (Wildman–Crippen LogP) is 5.58. The zero-order chi connectivity index (χ0) is 25.6. The van der Waals surface area contributed by atoms with Gasteiger partial charge in [0.15, 0.2) is 0 Å². The first-order valence-electron chi connectivity index (χ1n) is 11.6. The van der Waals surface area contributed by atoms with Gasteiger partial charge in [-0.3, -0.25) is 9.59 Å². The second-order valence-corrected chi connectivity index (χ2v) is 9.05. The highest BCUT2D eigenvalue weighted by Gasteiger charge is 2.18. The van der Waals surface area contributed by atoms with Crippen LogP contribution in [0.1, 0.15) is 28.4 Å². The van der Waals surface area contributed by atoms with Gasteiger partial charge in [0.05, 0.1) is 10.9 Å². The quantitative estimate of drug-likeness (QED) is 0.263. The van der Waals surface area contributed by atoms with Crippen LogP contribution in [0.25, 0.3) is 44.3 Å². The van der Waals surface area contributed by atoms with Gasteiger partial charge in [0.1, 0.15) is 23.1 Å². The summed E-state index contributed by atoms with van der Waals surface area (Å²) in [5.41, 5.74) is 7.10. The third-order valence-electron chi connectivity index (χ3n) is 6.50. The number of aromatic amines is 1. The SMILES string of the molecule is Cc1ccc(-c2cccc(-c3nc4c(ccc5cc(C(=O)NC(C)C(=O)O)cc(O)c54)[nH]3)c2)cc1C. The number of aryl methyl sites for hydroxylation is 2. The van der Waals surface area contributed by atoms with Crippen molar-refractivity contribution in [3.8, 4) is 28.3 Å². The number of nitrogens with one attached hydrogen (secondary N) is 2. The van der Waals surface area contributed by atoms with Crippen molar-refractivity contribution in [2.45, 2.75) is 26.8 Å². The van der Waals surface area contributed by atoms with Crippen molar-refractivity contribution in [2.24, 2.45) is 0 Å². The normalized spacial score (nSPS) is 12.1. The number of carboxylic acid groups (broad SMARTS) is 1. The van der Waals surface area contributed by atoms with Gasteiger partial charge in [-0.2, -0.15) is 0 Å². The molecule has 0 spiro atoms. The maximum absolute atomic E-state index is 12.5. The number of H-pyrrole nitrogens is 1. The standard InChI is InChI=1S/C29H25N3O4/c1-15-7-8-19(11-16(15)2)18-5-4-6-21(12-18)27-31-23-10-9-20-13-22(28(34)30-17(3)29(35)36)14-24(33)25(20)26(23)32-27/h4-14,17,33H,1-3H3,(H,30,34)(H,31,32)(H,35,36). The number of amides is 1. The molecule has 1 unspecified atom stereocenters. The van der Waals surface area contributed by atoms with Crippen LogP contribution >= 0.6 is 0 Å². The molecule has 0 aliphatic carbocycles. The van der Waals surface area contributed by atoms with Crippen molar-refractivity contribution < 1.29 is 19.8 Å². The van der Waals surface area contributed by atoms with Gasteiger partial charge < -0.3 is 20.5 Å². The summed E-state index contributed by atoms with van der Waals surface area (Å²) in [6.45, 7) is 5.57. The molecular weight excluding hydrogens is 454 g/mol. The van der Waals surface area contributed by atoms with Gasteiger partial charge in [0.25, 0.3) is 5.91 Å². The third kappa shape index (κ3) is 4.15. The zero-order valence-corrected chi connectivity index (χ0v) is 20.1. The van der Waals surface area contributed by atoms with E-state index in [1.54, 1.807) is 12.1 Å². The number of carbonyl (C=O) groups is 2. The molecule has 5 rings (SSSR count). The van der Waals surface area contributed by atoms with Crippen LogP contribution in [0, 0.1) is 13.8 Å². The second-order valence-electron chi connectivity index (χ2n) is 9.05. The number of aromatic hydroxyl groups is 1. The molecule has 1 heterocycles. The topological polar surface area (TPSA) is 115 Å². The van der Waals surface area contributed by atoms with E-state index in [1.165, 1.54) is 24.1 Å². The lowest BCUT2D eigenvalue weighted by atomic mass is 9.99. The fourth-order valence-corrected chi connectivity index (χ4v) is 4.29. The lowest BCUT2D eigenvalue weighted by molar-refractivity contribution is -0.138. The molecule has 7 heteroatoms. The van der Waals surface area contributed by atoms with Gasteiger partial charge in [-0.05, 0) is 72.7 Å². The number of aromatic nitrogens is 2. The molecule has 1 aromatic heterocycles. The van der Waals surface area contributed by atoms with Crippen molar-refractivity contribution in [2.75, 3.05) is 0 Å². The van der Waals surface area contributed by atoms with Crippen LogP contribution in [0.2, 0.25) is 0 Å². The van der Waals surface area contributed by atoms with Crippen molar-refractivity contribution >= 4 is 33.7 Å². The zero-order valence-electron chi connectivity index (χ0n) is 20.1. The van der Waals surface area contributed by atoms with Gasteiger partial charge in [0.2, 0.25) is 0 Å². The Morgan fingerprint density at radius 3 is 2.42 bits per heavy atom. The number of carbonyl (C=O) groups excluding carboxylic acids is 1. The molecule has 0 aliphatic rings. The number of phenols is 1. The van der Waals surface area contributed by atoms with E-state index in [9.17, 15) is 14.7 Å². The Hall–Kier alpha value is -4.65. The van der Waals surface area contributed by atoms with Gasteiger partial charge in [-0.1, -0.05) is 42.5 Å². The molecule has 0 fully saturated rings. The minimum atomic E-state index is -1.14. The van der Waals surface area contributed by atoms with Crippen LogP contribution in [-0.4, -0.2) is 38.1 Å². The van der Waals surface area contributed by atoms with E-state index in [0.29, 0.717) is 22.1 Å². The molecule has 0 saturated heterocycles. The summed E-state index contributed by atoms with van der Waals surface area (Å²) in [5, 5.41) is 23.4. The lowest BCUT2D eigenvalue weighted by Crippen LogP contribution is -2.38. The Balaban J connectivity index is 1.55. The minimum Gasteiger partial charge on any atom is -0.507 e. The smallest absolute Gasteiger partial charge is 0.325 e. The Morgan fingerprint density at radius 1 is 0.917 bits per heavy atom. The number of carboxylic acids is 1. The number of hydrogen-bond donors (Lipinski definition) is 4. The molecular formula is C29H25N3O4. The Morgan fingerprint density at radius 2 is 1.67 bits per heavy atom. The first-order chi connectivity index (χ1) is 17.2. The molecule has 7 nitrogen and oxygen atoms in total. The summed E-state index contributed by atoms with van der Waals surface area (Å²) in [6, 6.07) is 20.1. The molecule has 4 aromatic carbocycles. The first kappa shape index (κ1) is 23.1. The Bertz CT molecular complexity index is 1670. The lowest BCUT2D eigenvalue weighted by Gasteiger charge is -2.11. The summed E-state index contributed by atoms with van der Waals surface area (Å²) in [6.07, 6.45) is 0. The van der Waals surface area contributed by atoms with E-state index in [1.807, 2.05) is 18.2 Å². The van der Waals surface area contributed by atoms with E-state index in [-0.39, 0.29) is 11.3 Å². The molecule has 5 aromatic rings. The summed E-state index contributed by atoms with van der Waals surface area (Å²) in [4.78, 5) is 31.7. The average molecular weight is 480 g/mol. The van der Waals surface area contributed by atoms with Crippen molar-refractivity contribution in [1.82, 2.24) is 15.3 Å².